The minimum absolute atomic E-state index is 0.0470. The Morgan fingerprint density at radius 2 is 2.08 bits per heavy atom. The second kappa shape index (κ2) is 7.03. The summed E-state index contributed by atoms with van der Waals surface area (Å²) in [5.41, 5.74) is 0.791. The van der Waals surface area contributed by atoms with Gasteiger partial charge in [0.15, 0.2) is 5.76 Å². The van der Waals surface area contributed by atoms with Gasteiger partial charge in [-0.15, -0.1) is 0 Å². The molecule has 0 saturated carbocycles. The third kappa shape index (κ3) is 3.42. The molecule has 1 aliphatic rings. The van der Waals surface area contributed by atoms with Crippen molar-refractivity contribution in [3.05, 3.63) is 30.8 Å². The molecule has 6 heteroatoms. The van der Waals surface area contributed by atoms with Crippen molar-refractivity contribution in [1.82, 2.24) is 14.9 Å². The van der Waals surface area contributed by atoms with Crippen LogP contribution in [-0.4, -0.2) is 47.0 Å². The highest BCUT2D eigenvalue weighted by molar-refractivity contribution is 5.78. The lowest BCUT2D eigenvalue weighted by Crippen LogP contribution is -2.47. The second-order valence-electron chi connectivity index (χ2n) is 6.56. The largest absolute Gasteiger partial charge is 0.463 e. The van der Waals surface area contributed by atoms with E-state index in [1.807, 2.05) is 44.0 Å². The minimum Gasteiger partial charge on any atom is -0.463 e. The van der Waals surface area contributed by atoms with E-state index < -0.39 is 0 Å². The Hall–Kier alpha value is -2.37. The molecule has 3 rings (SSSR count). The summed E-state index contributed by atoms with van der Waals surface area (Å²) in [6, 6.07) is 6.01. The Bertz CT molecular complexity index is 676. The van der Waals surface area contributed by atoms with E-state index in [9.17, 15) is 4.79 Å². The number of nitrogens with zero attached hydrogens (tertiary/aromatic N) is 4. The molecule has 1 saturated heterocycles. The van der Waals surface area contributed by atoms with Crippen molar-refractivity contribution in [3.8, 4) is 11.5 Å². The minimum atomic E-state index is 0.0470. The van der Waals surface area contributed by atoms with Gasteiger partial charge in [-0.05, 0) is 25.0 Å². The van der Waals surface area contributed by atoms with Gasteiger partial charge < -0.3 is 14.2 Å². The van der Waals surface area contributed by atoms with Crippen LogP contribution in [0.2, 0.25) is 0 Å². The Morgan fingerprint density at radius 3 is 2.71 bits per heavy atom. The van der Waals surface area contributed by atoms with Gasteiger partial charge in [-0.1, -0.05) is 13.8 Å². The van der Waals surface area contributed by atoms with Crippen molar-refractivity contribution >= 4 is 11.7 Å². The topological polar surface area (TPSA) is 62.5 Å². The van der Waals surface area contributed by atoms with E-state index in [0.29, 0.717) is 6.04 Å². The normalized spacial score (nSPS) is 15.8. The second-order valence-corrected chi connectivity index (χ2v) is 6.56. The highest BCUT2D eigenvalue weighted by atomic mass is 16.3. The van der Waals surface area contributed by atoms with Gasteiger partial charge in [0.25, 0.3) is 0 Å². The molecule has 3 heterocycles. The summed E-state index contributed by atoms with van der Waals surface area (Å²) in [6.45, 7) is 5.67. The lowest BCUT2D eigenvalue weighted by molar-refractivity contribution is -0.135. The first-order valence-corrected chi connectivity index (χ1v) is 8.44. The summed E-state index contributed by atoms with van der Waals surface area (Å²) in [4.78, 5) is 25.0. The van der Waals surface area contributed by atoms with Crippen molar-refractivity contribution in [2.24, 2.45) is 5.92 Å². The van der Waals surface area contributed by atoms with Gasteiger partial charge in [-0.2, -0.15) is 0 Å². The molecule has 0 aromatic carbocycles. The monoisotopic (exact) mass is 328 g/mol. The summed E-state index contributed by atoms with van der Waals surface area (Å²) < 4.78 is 5.41. The smallest absolute Gasteiger partial charge is 0.225 e. The fourth-order valence-electron chi connectivity index (χ4n) is 3.15. The maximum Gasteiger partial charge on any atom is 0.225 e. The number of hydrogen-bond acceptors (Lipinski definition) is 5. The molecular formula is C18H24N4O2. The summed E-state index contributed by atoms with van der Waals surface area (Å²) in [7, 11) is 1.92. The molecule has 24 heavy (non-hydrogen) atoms. The zero-order valence-corrected chi connectivity index (χ0v) is 14.5. The van der Waals surface area contributed by atoms with Gasteiger partial charge in [0.2, 0.25) is 5.91 Å². The van der Waals surface area contributed by atoms with Crippen molar-refractivity contribution in [3.63, 3.8) is 0 Å². The fourth-order valence-corrected chi connectivity index (χ4v) is 3.15. The highest BCUT2D eigenvalue weighted by Gasteiger charge is 2.27. The summed E-state index contributed by atoms with van der Waals surface area (Å²) >= 11 is 0. The maximum atomic E-state index is 12.2. The number of rotatable bonds is 4. The molecule has 0 radical (unpaired) electrons. The van der Waals surface area contributed by atoms with Crippen LogP contribution in [0, 0.1) is 5.92 Å². The Morgan fingerprint density at radius 1 is 1.33 bits per heavy atom. The zero-order valence-electron chi connectivity index (χ0n) is 14.5. The number of aromatic nitrogens is 2. The standard InChI is InChI=1S/C18H24N4O2/c1-13(2)18(23)21(3)14-6-8-22(9-7-14)17-11-15(19-12-20-17)16-5-4-10-24-16/h4-5,10-14H,6-9H2,1-3H3. The summed E-state index contributed by atoms with van der Waals surface area (Å²) in [5, 5.41) is 0. The zero-order chi connectivity index (χ0) is 17.1. The van der Waals surface area contributed by atoms with Gasteiger partial charge >= 0.3 is 0 Å². The Labute approximate surface area is 142 Å². The van der Waals surface area contributed by atoms with E-state index in [1.54, 1.807) is 12.6 Å². The summed E-state index contributed by atoms with van der Waals surface area (Å²) in [5.74, 6) is 1.92. The SMILES string of the molecule is CC(C)C(=O)N(C)C1CCN(c2cc(-c3ccco3)ncn2)CC1. The molecular weight excluding hydrogens is 304 g/mol. The van der Waals surface area contributed by atoms with E-state index >= 15 is 0 Å². The third-order valence-electron chi connectivity index (χ3n) is 4.60. The van der Waals surface area contributed by atoms with Crippen LogP contribution in [0.3, 0.4) is 0 Å². The number of hydrogen-bond donors (Lipinski definition) is 0. The number of amides is 1. The van der Waals surface area contributed by atoms with E-state index in [4.69, 9.17) is 4.42 Å². The van der Waals surface area contributed by atoms with Crippen LogP contribution >= 0.6 is 0 Å². The number of furan rings is 1. The molecule has 1 fully saturated rings. The molecule has 0 unspecified atom stereocenters. The van der Waals surface area contributed by atoms with Gasteiger partial charge in [0.05, 0.1) is 6.26 Å². The Balaban J connectivity index is 1.65. The molecule has 1 amide bonds. The first-order valence-electron chi connectivity index (χ1n) is 8.44. The highest BCUT2D eigenvalue weighted by Crippen LogP contribution is 2.24. The molecule has 128 valence electrons. The molecule has 6 nitrogen and oxygen atoms in total. The maximum absolute atomic E-state index is 12.2. The summed E-state index contributed by atoms with van der Waals surface area (Å²) in [6.07, 6.45) is 5.13. The van der Waals surface area contributed by atoms with Gasteiger partial charge in [0.1, 0.15) is 17.8 Å². The van der Waals surface area contributed by atoms with E-state index in [1.165, 1.54) is 0 Å². The van der Waals surface area contributed by atoms with Crippen LogP contribution in [0.15, 0.2) is 35.2 Å². The van der Waals surface area contributed by atoms with Crippen LogP contribution in [-0.2, 0) is 4.79 Å². The van der Waals surface area contributed by atoms with Gasteiger partial charge in [0, 0.05) is 38.2 Å². The van der Waals surface area contributed by atoms with E-state index in [-0.39, 0.29) is 11.8 Å². The first-order chi connectivity index (χ1) is 11.6. The number of piperidine rings is 1. The van der Waals surface area contributed by atoms with Crippen LogP contribution in [0.25, 0.3) is 11.5 Å². The predicted octanol–water partition coefficient (Wildman–Crippen LogP) is 2.82. The van der Waals surface area contributed by atoms with Crippen LogP contribution in [0.1, 0.15) is 26.7 Å². The number of carbonyl (C=O) groups is 1. The Kier molecular flexibility index (Phi) is 4.83. The molecule has 0 aliphatic carbocycles. The average Bonchev–Trinajstić information content (AvgIpc) is 3.15. The van der Waals surface area contributed by atoms with Crippen molar-refractivity contribution < 1.29 is 9.21 Å². The van der Waals surface area contributed by atoms with Crippen molar-refractivity contribution in [2.75, 3.05) is 25.0 Å². The van der Waals surface area contributed by atoms with Crippen molar-refractivity contribution in [2.45, 2.75) is 32.7 Å². The lowest BCUT2D eigenvalue weighted by Gasteiger charge is -2.37. The van der Waals surface area contributed by atoms with Crippen LogP contribution in [0.5, 0.6) is 0 Å². The van der Waals surface area contributed by atoms with Crippen LogP contribution in [0.4, 0.5) is 5.82 Å². The first kappa shape index (κ1) is 16.5. The third-order valence-corrected chi connectivity index (χ3v) is 4.60. The van der Waals surface area contributed by atoms with Gasteiger partial charge in [-0.25, -0.2) is 9.97 Å². The lowest BCUT2D eigenvalue weighted by atomic mass is 10.0. The van der Waals surface area contributed by atoms with E-state index in [2.05, 4.69) is 14.9 Å². The van der Waals surface area contributed by atoms with Crippen molar-refractivity contribution in [1.29, 1.82) is 0 Å². The molecule has 0 atom stereocenters. The average molecular weight is 328 g/mol. The molecule has 0 N–H and O–H groups in total. The molecule has 1 aliphatic heterocycles. The molecule has 0 spiro atoms. The number of anilines is 1. The fraction of sp³-hybridized carbons (Fsp3) is 0.500. The molecule has 2 aromatic heterocycles. The quantitative estimate of drug-likeness (QED) is 0.863. The van der Waals surface area contributed by atoms with E-state index in [0.717, 1.165) is 43.2 Å². The molecule has 2 aromatic rings. The number of carbonyl (C=O) groups excluding carboxylic acids is 1. The predicted molar refractivity (Wildman–Crippen MR) is 92.6 cm³/mol. The van der Waals surface area contributed by atoms with Gasteiger partial charge in [-0.3, -0.25) is 4.79 Å². The van der Waals surface area contributed by atoms with Crippen LogP contribution < -0.4 is 4.90 Å². The molecule has 0 bridgehead atoms.